The average Bonchev–Trinajstić information content (AvgIpc) is 2.77. The summed E-state index contributed by atoms with van der Waals surface area (Å²) in [6.07, 6.45) is 4.79. The molecule has 12 unspecified atom stereocenters. The molecular weight excluding hydrogens is 446 g/mol. The van der Waals surface area contributed by atoms with Crippen LogP contribution in [0.25, 0.3) is 0 Å². The molecule has 0 saturated heterocycles. The first kappa shape index (κ1) is 25.9. The van der Waals surface area contributed by atoms with Crippen molar-refractivity contribution in [1.29, 1.82) is 0 Å². The molecule has 2 N–H and O–H groups in total. The maximum absolute atomic E-state index is 16.8. The molecule has 0 aromatic rings. The Morgan fingerprint density at radius 2 is 1.54 bits per heavy atom. The number of fused-ring (bicyclic) bond motifs is 7. The molecule has 3 nitrogen and oxygen atoms in total. The Hall–Kier alpha value is -0.710. The molecule has 5 aliphatic rings. The highest BCUT2D eigenvalue weighted by atomic mass is 19.2. The zero-order valence-corrected chi connectivity index (χ0v) is 23.0. The van der Waals surface area contributed by atoms with Gasteiger partial charge in [0, 0.05) is 17.3 Å². The first-order chi connectivity index (χ1) is 16.0. The lowest BCUT2D eigenvalue weighted by Crippen LogP contribution is -2.72. The Balaban J connectivity index is 1.60. The zero-order valence-electron chi connectivity index (χ0n) is 23.0. The van der Waals surface area contributed by atoms with Gasteiger partial charge in [0.2, 0.25) is 5.85 Å². The van der Waals surface area contributed by atoms with E-state index < -0.39 is 34.2 Å². The second kappa shape index (κ2) is 7.44. The summed E-state index contributed by atoms with van der Waals surface area (Å²) in [5, 5.41) is 21.2. The third-order valence-electron chi connectivity index (χ3n) is 14.2. The lowest BCUT2D eigenvalue weighted by atomic mass is 9.30. The monoisotopic (exact) mass is 494 g/mol. The second-order valence-electron chi connectivity index (χ2n) is 15.0. The Kier molecular flexibility index (Phi) is 5.51. The van der Waals surface area contributed by atoms with Crippen molar-refractivity contribution in [3.8, 4) is 0 Å². The van der Waals surface area contributed by atoms with Gasteiger partial charge in [-0.2, -0.15) is 0 Å². The Bertz CT molecular complexity index is 902. The number of rotatable bonds is 1. The maximum Gasteiger partial charge on any atom is 0.309 e. The summed E-state index contributed by atoms with van der Waals surface area (Å²) in [7, 11) is 0. The summed E-state index contributed by atoms with van der Waals surface area (Å²) in [5.41, 5.74) is -2.77. The quantitative estimate of drug-likeness (QED) is 0.399. The van der Waals surface area contributed by atoms with Gasteiger partial charge >= 0.3 is 5.97 Å². The minimum Gasteiger partial charge on any atom is -0.481 e. The van der Waals surface area contributed by atoms with Crippen LogP contribution in [0.3, 0.4) is 0 Å². The van der Waals surface area contributed by atoms with Gasteiger partial charge in [0.05, 0.1) is 5.41 Å². The maximum atomic E-state index is 16.8. The molecular formula is C30H48F2O3. The highest BCUT2D eigenvalue weighted by molar-refractivity contribution is 5.75. The average molecular weight is 495 g/mol. The van der Waals surface area contributed by atoms with Gasteiger partial charge in [0.25, 0.3) is 0 Å². The largest absolute Gasteiger partial charge is 0.481 e. The van der Waals surface area contributed by atoms with Gasteiger partial charge in [0.15, 0.2) is 0 Å². The second-order valence-corrected chi connectivity index (χ2v) is 15.0. The predicted octanol–water partition coefficient (Wildman–Crippen LogP) is 7.41. The molecule has 12 atom stereocenters. The van der Waals surface area contributed by atoms with Crippen molar-refractivity contribution in [3.63, 3.8) is 0 Å². The van der Waals surface area contributed by atoms with Crippen LogP contribution in [0.15, 0.2) is 0 Å². The summed E-state index contributed by atoms with van der Waals surface area (Å²) in [4.78, 5) is 12.8. The number of carbonyl (C=O) groups is 1. The number of aliphatic hydroxyl groups is 1. The van der Waals surface area contributed by atoms with Crippen molar-refractivity contribution in [1.82, 2.24) is 0 Å². The lowest BCUT2D eigenvalue weighted by Gasteiger charge is -2.74. The summed E-state index contributed by atoms with van der Waals surface area (Å²) in [6, 6.07) is 0. The van der Waals surface area contributed by atoms with Gasteiger partial charge in [0.1, 0.15) is 6.17 Å². The van der Waals surface area contributed by atoms with E-state index in [1.807, 2.05) is 0 Å². The van der Waals surface area contributed by atoms with E-state index in [-0.39, 0.29) is 47.3 Å². The van der Waals surface area contributed by atoms with Crippen LogP contribution in [0.4, 0.5) is 8.78 Å². The molecule has 0 aliphatic heterocycles. The molecule has 200 valence electrons. The van der Waals surface area contributed by atoms with Crippen LogP contribution in [-0.4, -0.2) is 28.2 Å². The first-order valence-electron chi connectivity index (χ1n) is 14.3. The molecule has 5 fully saturated rings. The van der Waals surface area contributed by atoms with Gasteiger partial charge in [-0.15, -0.1) is 0 Å². The van der Waals surface area contributed by atoms with Crippen molar-refractivity contribution in [3.05, 3.63) is 0 Å². The van der Waals surface area contributed by atoms with Crippen LogP contribution in [-0.2, 0) is 4.79 Å². The predicted molar refractivity (Wildman–Crippen MR) is 133 cm³/mol. The Labute approximate surface area is 210 Å². The molecule has 0 amide bonds. The number of carboxylic acids is 1. The molecule has 0 heterocycles. The Morgan fingerprint density at radius 3 is 2.17 bits per heavy atom. The molecule has 5 aliphatic carbocycles. The van der Waals surface area contributed by atoms with Crippen LogP contribution in [0.1, 0.15) is 106 Å². The van der Waals surface area contributed by atoms with E-state index in [0.29, 0.717) is 24.7 Å². The molecule has 5 rings (SSSR count). The van der Waals surface area contributed by atoms with E-state index in [9.17, 15) is 15.0 Å². The van der Waals surface area contributed by atoms with Crippen LogP contribution >= 0.6 is 0 Å². The highest BCUT2D eigenvalue weighted by Gasteiger charge is 2.75. The smallest absolute Gasteiger partial charge is 0.309 e. The number of hydrogen-bond donors (Lipinski definition) is 2. The molecule has 0 bridgehead atoms. The van der Waals surface area contributed by atoms with Gasteiger partial charge in [-0.1, -0.05) is 48.5 Å². The van der Waals surface area contributed by atoms with E-state index >= 15 is 8.78 Å². The standard InChI is InChI=1S/C30H48F2O3/c1-17-10-11-29(24(33)34)14-13-27(6)19(23(29)18(17)2)8-9-20-26(5)12-15-30(32,35)25(3,4)21(26)16-22(31)28(20,27)7/h17-23,35H,8-16H2,1-7H3,(H,33,34). The zero-order chi connectivity index (χ0) is 26.0. The summed E-state index contributed by atoms with van der Waals surface area (Å²) in [6.45, 7) is 14.8. The van der Waals surface area contributed by atoms with Crippen molar-refractivity contribution in [2.24, 2.45) is 62.6 Å². The van der Waals surface area contributed by atoms with Crippen molar-refractivity contribution in [2.75, 3.05) is 0 Å². The minimum atomic E-state index is -2.27. The Morgan fingerprint density at radius 1 is 0.886 bits per heavy atom. The fourth-order valence-corrected chi connectivity index (χ4v) is 11.5. The van der Waals surface area contributed by atoms with Crippen LogP contribution in [0, 0.1) is 62.6 Å². The number of aliphatic carboxylic acids is 1. The number of hydrogen-bond acceptors (Lipinski definition) is 2. The highest BCUT2D eigenvalue weighted by Crippen LogP contribution is 2.78. The van der Waals surface area contributed by atoms with Gasteiger partial charge < -0.3 is 10.2 Å². The van der Waals surface area contributed by atoms with Gasteiger partial charge in [-0.3, -0.25) is 4.79 Å². The molecule has 0 radical (unpaired) electrons. The first-order valence-corrected chi connectivity index (χ1v) is 14.3. The van der Waals surface area contributed by atoms with Gasteiger partial charge in [-0.25, -0.2) is 8.78 Å². The number of carboxylic acid groups (broad SMARTS) is 1. The molecule has 5 heteroatoms. The topological polar surface area (TPSA) is 57.5 Å². The molecule has 5 saturated carbocycles. The van der Waals surface area contributed by atoms with E-state index in [1.165, 1.54) is 0 Å². The minimum absolute atomic E-state index is 0.0803. The van der Waals surface area contributed by atoms with E-state index in [4.69, 9.17) is 0 Å². The SMILES string of the molecule is CC1CCC2(C(=O)O)CCC3(C)C(CCC4C5(C)CCC(O)(F)C(C)(C)C5CC(F)C43C)C2C1C. The number of alkyl halides is 2. The third kappa shape index (κ3) is 2.88. The summed E-state index contributed by atoms with van der Waals surface area (Å²) < 4.78 is 32.1. The fourth-order valence-electron chi connectivity index (χ4n) is 11.5. The van der Waals surface area contributed by atoms with Crippen LogP contribution < -0.4 is 0 Å². The van der Waals surface area contributed by atoms with Crippen LogP contribution in [0.5, 0.6) is 0 Å². The molecule has 0 spiro atoms. The molecule has 0 aromatic carbocycles. The fraction of sp³-hybridized carbons (Fsp3) is 0.967. The summed E-state index contributed by atoms with van der Waals surface area (Å²) in [5.74, 6) is -1.96. The van der Waals surface area contributed by atoms with Crippen molar-refractivity contribution in [2.45, 2.75) is 118 Å². The number of halogens is 2. The van der Waals surface area contributed by atoms with Crippen molar-refractivity contribution >= 4 is 5.97 Å². The molecule has 0 aromatic heterocycles. The lowest BCUT2D eigenvalue weighted by molar-refractivity contribution is -0.311. The molecule has 35 heavy (non-hydrogen) atoms. The summed E-state index contributed by atoms with van der Waals surface area (Å²) >= 11 is 0. The van der Waals surface area contributed by atoms with E-state index in [0.717, 1.165) is 32.1 Å². The third-order valence-corrected chi connectivity index (χ3v) is 14.2. The van der Waals surface area contributed by atoms with E-state index in [1.54, 1.807) is 13.8 Å². The van der Waals surface area contributed by atoms with Gasteiger partial charge in [-0.05, 0) is 97.7 Å². The van der Waals surface area contributed by atoms with Crippen molar-refractivity contribution < 1.29 is 23.8 Å². The normalized spacial score (nSPS) is 59.4. The van der Waals surface area contributed by atoms with E-state index in [2.05, 4.69) is 34.6 Å². The van der Waals surface area contributed by atoms with Crippen LogP contribution in [0.2, 0.25) is 0 Å².